The van der Waals surface area contributed by atoms with Gasteiger partial charge < -0.3 is 4.57 Å². The lowest BCUT2D eigenvalue weighted by Gasteiger charge is -2.11. The van der Waals surface area contributed by atoms with Gasteiger partial charge in [-0.25, -0.2) is 19.9 Å². The summed E-state index contributed by atoms with van der Waals surface area (Å²) >= 11 is 0. The third-order valence-corrected chi connectivity index (χ3v) is 10.6. The van der Waals surface area contributed by atoms with E-state index in [9.17, 15) is 0 Å². The number of aromatic nitrogens is 5. The van der Waals surface area contributed by atoms with Gasteiger partial charge in [-0.05, 0) is 79.4 Å². The highest BCUT2D eigenvalue weighted by Gasteiger charge is 2.20. The Kier molecular flexibility index (Phi) is 8.42. The van der Waals surface area contributed by atoms with E-state index in [1.807, 2.05) is 73.7 Å². The minimum atomic E-state index is 0.627. The summed E-state index contributed by atoms with van der Waals surface area (Å²) in [4.78, 5) is 19.3. The number of fused-ring (bicyclic) bond motifs is 4. The molecule has 0 bridgehead atoms. The second-order valence-corrected chi connectivity index (χ2v) is 13.9. The first kappa shape index (κ1) is 33.8. The summed E-state index contributed by atoms with van der Waals surface area (Å²) in [5.74, 6) is 2.74. The van der Waals surface area contributed by atoms with Gasteiger partial charge in [-0.2, -0.15) is 0 Å². The number of aliphatic imine (C=N–C) groups is 1. The Balaban J connectivity index is 1.12. The van der Waals surface area contributed by atoms with Crippen LogP contribution in [0.3, 0.4) is 0 Å². The SMILES string of the molecule is C=Nc1c(/C=C\C)c2ccc(-c3cccc4c3c3ccccc3n4-c3ccc(-c4nc(-c5ccccc5)nc(-c5ccccc5)n4)cc3)cc2n1-c1ccccc1. The van der Waals surface area contributed by atoms with Gasteiger partial charge in [0.15, 0.2) is 17.5 Å². The Morgan fingerprint density at radius 2 is 1.02 bits per heavy atom. The molecular weight excluding hydrogens is 697 g/mol. The molecule has 0 N–H and O–H groups in total. The molecule has 3 aromatic heterocycles. The summed E-state index contributed by atoms with van der Waals surface area (Å²) in [6, 6.07) is 61.1. The zero-order valence-corrected chi connectivity index (χ0v) is 31.3. The molecule has 270 valence electrons. The van der Waals surface area contributed by atoms with E-state index in [1.54, 1.807) is 0 Å². The van der Waals surface area contributed by atoms with Gasteiger partial charge in [0.1, 0.15) is 5.82 Å². The number of rotatable bonds is 8. The number of para-hydroxylation sites is 2. The van der Waals surface area contributed by atoms with E-state index in [2.05, 4.69) is 142 Å². The molecule has 10 rings (SSSR count). The standard InChI is InChI=1S/C51H36N6/c1-3-16-42-41-32-29-37(33-46(41)57(51(42)52-2)38-21-11-6-12-22-38)40-24-15-26-45-47(40)43-23-13-14-25-44(43)56(45)39-30-27-36(28-31-39)50-54-48(34-17-7-4-8-18-34)53-49(55-50)35-19-9-5-10-20-35/h3-33H,2H2,1H3/b16-3-. The largest absolute Gasteiger partial charge is 0.309 e. The van der Waals surface area contributed by atoms with Crippen molar-refractivity contribution in [3.8, 4) is 56.7 Å². The van der Waals surface area contributed by atoms with Crippen LogP contribution >= 0.6 is 0 Å². The van der Waals surface area contributed by atoms with Crippen molar-refractivity contribution in [1.82, 2.24) is 24.1 Å². The van der Waals surface area contributed by atoms with Crippen LogP contribution in [0.5, 0.6) is 0 Å². The smallest absolute Gasteiger partial charge is 0.164 e. The van der Waals surface area contributed by atoms with Crippen LogP contribution in [0.25, 0.3) is 95.5 Å². The number of nitrogens with zero attached hydrogens (tertiary/aromatic N) is 6. The molecular formula is C51H36N6. The lowest BCUT2D eigenvalue weighted by molar-refractivity contribution is 1.07. The summed E-state index contributed by atoms with van der Waals surface area (Å²) in [6.07, 6.45) is 4.18. The van der Waals surface area contributed by atoms with E-state index in [0.717, 1.165) is 72.5 Å². The number of allylic oxidation sites excluding steroid dienone is 1. The minimum Gasteiger partial charge on any atom is -0.309 e. The summed E-state index contributed by atoms with van der Waals surface area (Å²) in [7, 11) is 0. The van der Waals surface area contributed by atoms with E-state index in [4.69, 9.17) is 15.0 Å². The third-order valence-electron chi connectivity index (χ3n) is 10.6. The monoisotopic (exact) mass is 732 g/mol. The van der Waals surface area contributed by atoms with Gasteiger partial charge in [-0.1, -0.05) is 133 Å². The number of hydrogen-bond donors (Lipinski definition) is 0. The highest BCUT2D eigenvalue weighted by Crippen LogP contribution is 2.42. The first-order valence-corrected chi connectivity index (χ1v) is 19.0. The lowest BCUT2D eigenvalue weighted by Crippen LogP contribution is -2.00. The molecule has 0 aliphatic carbocycles. The quantitative estimate of drug-likeness (QED) is 0.146. The predicted octanol–water partition coefficient (Wildman–Crippen LogP) is 12.9. The molecule has 3 heterocycles. The van der Waals surface area contributed by atoms with Crippen LogP contribution in [0.4, 0.5) is 5.82 Å². The van der Waals surface area contributed by atoms with E-state index < -0.39 is 0 Å². The van der Waals surface area contributed by atoms with Crippen LogP contribution in [-0.2, 0) is 0 Å². The molecule has 0 amide bonds. The van der Waals surface area contributed by atoms with Gasteiger partial charge in [0, 0.05) is 49.8 Å². The van der Waals surface area contributed by atoms with Crippen molar-refractivity contribution in [2.45, 2.75) is 6.92 Å². The Hall–Kier alpha value is -7.70. The molecule has 7 aromatic carbocycles. The fourth-order valence-corrected chi connectivity index (χ4v) is 8.03. The Morgan fingerprint density at radius 3 is 1.65 bits per heavy atom. The summed E-state index contributed by atoms with van der Waals surface area (Å²) < 4.78 is 4.56. The maximum Gasteiger partial charge on any atom is 0.164 e. The fraction of sp³-hybridized carbons (Fsp3) is 0.0196. The summed E-state index contributed by atoms with van der Waals surface area (Å²) in [5.41, 5.74) is 11.6. The summed E-state index contributed by atoms with van der Waals surface area (Å²) in [5, 5.41) is 3.51. The van der Waals surface area contributed by atoms with Crippen LogP contribution in [0.15, 0.2) is 187 Å². The maximum atomic E-state index is 4.96. The fourth-order valence-electron chi connectivity index (χ4n) is 8.03. The molecule has 0 aliphatic rings. The molecule has 6 nitrogen and oxygen atoms in total. The van der Waals surface area contributed by atoms with Crippen LogP contribution in [0.1, 0.15) is 12.5 Å². The molecule has 0 saturated heterocycles. The Labute approximate surface area is 330 Å². The molecule has 0 atom stereocenters. The second kappa shape index (κ2) is 14.2. The van der Waals surface area contributed by atoms with E-state index >= 15 is 0 Å². The van der Waals surface area contributed by atoms with Gasteiger partial charge in [0.25, 0.3) is 0 Å². The Bertz CT molecular complexity index is 3060. The average molecular weight is 733 g/mol. The van der Waals surface area contributed by atoms with Crippen molar-refractivity contribution < 1.29 is 0 Å². The van der Waals surface area contributed by atoms with E-state index in [0.29, 0.717) is 17.5 Å². The average Bonchev–Trinajstić information content (AvgIpc) is 3.79. The molecule has 0 radical (unpaired) electrons. The molecule has 0 aliphatic heterocycles. The van der Waals surface area contributed by atoms with Crippen LogP contribution in [-0.4, -0.2) is 30.8 Å². The summed E-state index contributed by atoms with van der Waals surface area (Å²) in [6.45, 7) is 6.02. The van der Waals surface area contributed by atoms with Crippen LogP contribution in [0.2, 0.25) is 0 Å². The van der Waals surface area contributed by atoms with Gasteiger partial charge in [-0.15, -0.1) is 0 Å². The van der Waals surface area contributed by atoms with Gasteiger partial charge in [0.2, 0.25) is 0 Å². The lowest BCUT2D eigenvalue weighted by atomic mass is 9.98. The molecule has 0 spiro atoms. The first-order chi connectivity index (χ1) is 28.2. The van der Waals surface area contributed by atoms with Crippen molar-refractivity contribution in [1.29, 1.82) is 0 Å². The Morgan fingerprint density at radius 1 is 0.474 bits per heavy atom. The van der Waals surface area contributed by atoms with Crippen molar-refractivity contribution in [3.63, 3.8) is 0 Å². The topological polar surface area (TPSA) is 60.9 Å². The maximum absolute atomic E-state index is 4.96. The van der Waals surface area contributed by atoms with Crippen molar-refractivity contribution in [3.05, 3.63) is 188 Å². The zero-order valence-electron chi connectivity index (χ0n) is 31.3. The number of benzene rings is 7. The van der Waals surface area contributed by atoms with E-state index in [-0.39, 0.29) is 0 Å². The van der Waals surface area contributed by atoms with Crippen molar-refractivity contribution >= 4 is 51.3 Å². The highest BCUT2D eigenvalue weighted by molar-refractivity contribution is 6.16. The van der Waals surface area contributed by atoms with Gasteiger partial charge in [0.05, 0.1) is 16.6 Å². The van der Waals surface area contributed by atoms with Crippen molar-refractivity contribution in [2.75, 3.05) is 0 Å². The molecule has 0 fully saturated rings. The first-order valence-electron chi connectivity index (χ1n) is 19.0. The van der Waals surface area contributed by atoms with Crippen LogP contribution in [0, 0.1) is 0 Å². The predicted molar refractivity (Wildman–Crippen MR) is 237 cm³/mol. The zero-order chi connectivity index (χ0) is 38.3. The second-order valence-electron chi connectivity index (χ2n) is 13.9. The molecule has 6 heteroatoms. The molecule has 10 aromatic rings. The molecule has 0 saturated carbocycles. The van der Waals surface area contributed by atoms with Gasteiger partial charge in [-0.3, -0.25) is 4.57 Å². The normalized spacial score (nSPS) is 11.6. The van der Waals surface area contributed by atoms with E-state index in [1.165, 1.54) is 10.8 Å². The minimum absolute atomic E-state index is 0.627. The highest BCUT2D eigenvalue weighted by atomic mass is 15.1. The number of hydrogen-bond acceptors (Lipinski definition) is 4. The molecule has 57 heavy (non-hydrogen) atoms. The van der Waals surface area contributed by atoms with Gasteiger partial charge >= 0.3 is 0 Å². The van der Waals surface area contributed by atoms with Crippen LogP contribution < -0.4 is 0 Å². The third kappa shape index (κ3) is 5.83. The van der Waals surface area contributed by atoms with Crippen molar-refractivity contribution in [2.24, 2.45) is 4.99 Å². The molecule has 0 unspecified atom stereocenters.